The highest BCUT2D eigenvalue weighted by Gasteiger charge is 2.40. The van der Waals surface area contributed by atoms with E-state index in [2.05, 4.69) is 28.9 Å². The molecule has 0 aromatic carbocycles. The van der Waals surface area contributed by atoms with Crippen molar-refractivity contribution in [3.63, 3.8) is 0 Å². The van der Waals surface area contributed by atoms with Gasteiger partial charge in [0, 0.05) is 13.7 Å². The van der Waals surface area contributed by atoms with Gasteiger partial charge in [0.1, 0.15) is 0 Å². The molecule has 1 fully saturated rings. The van der Waals surface area contributed by atoms with Gasteiger partial charge in [-0.25, -0.2) is 0 Å². The van der Waals surface area contributed by atoms with Crippen molar-refractivity contribution >= 4 is 11.6 Å². The summed E-state index contributed by atoms with van der Waals surface area (Å²) in [7, 11) is 1.83. The van der Waals surface area contributed by atoms with Crippen LogP contribution in [-0.4, -0.2) is 29.0 Å². The second kappa shape index (κ2) is 7.61. The Morgan fingerprint density at radius 1 is 1.43 bits per heavy atom. The van der Waals surface area contributed by atoms with Crippen LogP contribution in [-0.2, 0) is 11.3 Å². The number of methoxy groups -OCH3 is 1. The molecule has 1 atom stereocenters. The molecular weight excluding hydrogens is 286 g/mol. The SMILES string of the molecule is CCCNC(CC1(OC)CCC1)c1c(Cl)cnn1CCC. The van der Waals surface area contributed by atoms with Crippen LogP contribution in [0.4, 0.5) is 0 Å². The lowest BCUT2D eigenvalue weighted by Crippen LogP contribution is -2.43. The van der Waals surface area contributed by atoms with Crippen molar-refractivity contribution in [1.82, 2.24) is 15.1 Å². The van der Waals surface area contributed by atoms with Crippen molar-refractivity contribution in [2.45, 2.75) is 70.6 Å². The minimum Gasteiger partial charge on any atom is -0.378 e. The predicted molar refractivity (Wildman–Crippen MR) is 86.8 cm³/mol. The Hall–Kier alpha value is -0.580. The van der Waals surface area contributed by atoms with Gasteiger partial charge in [-0.05, 0) is 45.1 Å². The fourth-order valence-electron chi connectivity index (χ4n) is 3.13. The van der Waals surface area contributed by atoms with E-state index in [1.165, 1.54) is 6.42 Å². The molecule has 21 heavy (non-hydrogen) atoms. The second-order valence-electron chi connectivity index (χ2n) is 6.05. The number of ether oxygens (including phenoxy) is 1. The highest BCUT2D eigenvalue weighted by molar-refractivity contribution is 6.31. The third kappa shape index (κ3) is 3.79. The van der Waals surface area contributed by atoms with Crippen molar-refractivity contribution in [1.29, 1.82) is 0 Å². The Labute approximate surface area is 133 Å². The molecule has 0 aliphatic heterocycles. The predicted octanol–water partition coefficient (Wildman–Crippen LogP) is 3.95. The third-order valence-electron chi connectivity index (χ3n) is 4.51. The summed E-state index contributed by atoms with van der Waals surface area (Å²) in [5, 5.41) is 8.85. The third-order valence-corrected chi connectivity index (χ3v) is 4.80. The van der Waals surface area contributed by atoms with Crippen molar-refractivity contribution in [3.05, 3.63) is 16.9 Å². The van der Waals surface area contributed by atoms with E-state index in [-0.39, 0.29) is 11.6 Å². The van der Waals surface area contributed by atoms with Crippen molar-refractivity contribution in [3.8, 4) is 0 Å². The van der Waals surface area contributed by atoms with E-state index in [0.29, 0.717) is 0 Å². The first-order valence-electron chi connectivity index (χ1n) is 8.15. The number of aryl methyl sites for hydroxylation is 1. The zero-order valence-electron chi connectivity index (χ0n) is 13.5. The first-order valence-corrected chi connectivity index (χ1v) is 8.53. The number of nitrogens with zero attached hydrogens (tertiary/aromatic N) is 2. The average Bonchev–Trinajstić information content (AvgIpc) is 2.79. The highest BCUT2D eigenvalue weighted by Crippen LogP contribution is 2.42. The topological polar surface area (TPSA) is 39.1 Å². The standard InChI is InChI=1S/C16H28ClN3O/c1-4-9-18-14(11-16(21-3)7-6-8-16)15-13(17)12-19-20(15)10-5-2/h12,14,18H,4-11H2,1-3H3. The van der Waals surface area contributed by atoms with Crippen LogP contribution >= 0.6 is 11.6 Å². The van der Waals surface area contributed by atoms with Gasteiger partial charge in [0.2, 0.25) is 0 Å². The molecule has 1 aliphatic carbocycles. The summed E-state index contributed by atoms with van der Waals surface area (Å²) in [6.45, 7) is 6.24. The van der Waals surface area contributed by atoms with Crippen molar-refractivity contribution in [2.75, 3.05) is 13.7 Å². The van der Waals surface area contributed by atoms with Gasteiger partial charge >= 0.3 is 0 Å². The molecule has 0 bridgehead atoms. The fourth-order valence-corrected chi connectivity index (χ4v) is 3.40. The molecule has 4 nitrogen and oxygen atoms in total. The molecule has 1 N–H and O–H groups in total. The molecule has 0 spiro atoms. The maximum absolute atomic E-state index is 6.42. The fraction of sp³-hybridized carbons (Fsp3) is 0.812. The molecule has 1 unspecified atom stereocenters. The largest absolute Gasteiger partial charge is 0.378 e. The van der Waals surface area contributed by atoms with E-state index >= 15 is 0 Å². The minimum absolute atomic E-state index is 0.0239. The smallest absolute Gasteiger partial charge is 0.0834 e. The number of nitrogens with one attached hydrogen (secondary N) is 1. The number of hydrogen-bond acceptors (Lipinski definition) is 3. The van der Waals surface area contributed by atoms with Gasteiger partial charge in [-0.1, -0.05) is 25.4 Å². The summed E-state index contributed by atoms with van der Waals surface area (Å²) in [6.07, 6.45) is 8.46. The van der Waals surface area contributed by atoms with Crippen LogP contribution in [0, 0.1) is 0 Å². The summed E-state index contributed by atoms with van der Waals surface area (Å²) in [5.74, 6) is 0. The normalized spacial score (nSPS) is 18.5. The molecule has 0 saturated heterocycles. The zero-order chi connectivity index (χ0) is 15.3. The maximum Gasteiger partial charge on any atom is 0.0834 e. The van der Waals surface area contributed by atoms with Gasteiger partial charge in [-0.2, -0.15) is 5.10 Å². The Balaban J connectivity index is 2.20. The molecule has 0 amide bonds. The average molecular weight is 314 g/mol. The van der Waals surface area contributed by atoms with E-state index in [9.17, 15) is 0 Å². The Kier molecular flexibility index (Phi) is 6.08. The molecule has 0 radical (unpaired) electrons. The van der Waals surface area contributed by atoms with Gasteiger partial charge in [0.15, 0.2) is 0 Å². The Morgan fingerprint density at radius 2 is 2.19 bits per heavy atom. The lowest BCUT2D eigenvalue weighted by Gasteiger charge is -2.43. The first-order chi connectivity index (χ1) is 10.2. The molecule has 1 aromatic rings. The first kappa shape index (κ1) is 16.8. The summed E-state index contributed by atoms with van der Waals surface area (Å²) >= 11 is 6.42. The highest BCUT2D eigenvalue weighted by atomic mass is 35.5. The molecular formula is C16H28ClN3O. The zero-order valence-corrected chi connectivity index (χ0v) is 14.2. The number of aromatic nitrogens is 2. The minimum atomic E-state index is 0.0239. The molecule has 1 saturated carbocycles. The van der Waals surface area contributed by atoms with Crippen LogP contribution in [0.2, 0.25) is 5.02 Å². The van der Waals surface area contributed by atoms with Crippen LogP contribution in [0.1, 0.15) is 64.1 Å². The van der Waals surface area contributed by atoms with Crippen molar-refractivity contribution in [2.24, 2.45) is 0 Å². The molecule has 2 rings (SSSR count). The van der Waals surface area contributed by atoms with Crippen LogP contribution < -0.4 is 5.32 Å². The summed E-state index contributed by atoms with van der Waals surface area (Å²) in [5.41, 5.74) is 1.14. The van der Waals surface area contributed by atoms with E-state index in [4.69, 9.17) is 16.3 Å². The Morgan fingerprint density at radius 3 is 2.71 bits per heavy atom. The molecule has 1 heterocycles. The van der Waals surface area contributed by atoms with E-state index < -0.39 is 0 Å². The lowest BCUT2D eigenvalue weighted by molar-refractivity contribution is -0.0842. The lowest BCUT2D eigenvalue weighted by atomic mass is 9.75. The van der Waals surface area contributed by atoms with Gasteiger partial charge < -0.3 is 10.1 Å². The number of halogens is 1. The van der Waals surface area contributed by atoms with Crippen LogP contribution in [0.25, 0.3) is 0 Å². The van der Waals surface area contributed by atoms with E-state index in [1.54, 1.807) is 6.20 Å². The molecule has 1 aliphatic rings. The van der Waals surface area contributed by atoms with Gasteiger partial charge in [0.05, 0.1) is 28.6 Å². The van der Waals surface area contributed by atoms with Crippen LogP contribution in [0.15, 0.2) is 6.20 Å². The molecule has 5 heteroatoms. The number of hydrogen-bond donors (Lipinski definition) is 1. The maximum atomic E-state index is 6.42. The quantitative estimate of drug-likeness (QED) is 0.750. The van der Waals surface area contributed by atoms with Gasteiger partial charge in [-0.3, -0.25) is 4.68 Å². The summed E-state index contributed by atoms with van der Waals surface area (Å²) < 4.78 is 7.86. The van der Waals surface area contributed by atoms with E-state index in [0.717, 1.165) is 55.9 Å². The van der Waals surface area contributed by atoms with Crippen molar-refractivity contribution < 1.29 is 4.74 Å². The molecule has 1 aromatic heterocycles. The van der Waals surface area contributed by atoms with Gasteiger partial charge in [-0.15, -0.1) is 0 Å². The van der Waals surface area contributed by atoms with Crippen LogP contribution in [0.3, 0.4) is 0 Å². The van der Waals surface area contributed by atoms with E-state index in [1.807, 2.05) is 7.11 Å². The Bertz CT molecular complexity index is 437. The van der Waals surface area contributed by atoms with Gasteiger partial charge in [0.25, 0.3) is 0 Å². The monoisotopic (exact) mass is 313 g/mol. The number of rotatable bonds is 9. The summed E-state index contributed by atoms with van der Waals surface area (Å²) in [4.78, 5) is 0. The van der Waals surface area contributed by atoms with Crippen LogP contribution in [0.5, 0.6) is 0 Å². The second-order valence-corrected chi connectivity index (χ2v) is 6.46. The molecule has 120 valence electrons. The summed E-state index contributed by atoms with van der Waals surface area (Å²) in [6, 6.07) is 0.215.